The lowest BCUT2D eigenvalue weighted by Crippen LogP contribution is -2.36. The molecule has 2 aromatic rings. The Morgan fingerprint density at radius 1 is 1.03 bits per heavy atom. The normalized spacial score (nSPS) is 15.2. The minimum atomic E-state index is -4.39. The number of nitrogens with zero attached hydrogens (tertiary/aromatic N) is 3. The van der Waals surface area contributed by atoms with E-state index in [1.807, 2.05) is 0 Å². The molecule has 1 saturated heterocycles. The highest BCUT2D eigenvalue weighted by atomic mass is 19.4. The monoisotopic (exact) mass is 435 g/mol. The van der Waals surface area contributed by atoms with Crippen molar-refractivity contribution in [2.45, 2.75) is 38.7 Å². The van der Waals surface area contributed by atoms with Gasteiger partial charge in [0, 0.05) is 38.9 Å². The Kier molecular flexibility index (Phi) is 8.11. The van der Waals surface area contributed by atoms with E-state index < -0.39 is 12.8 Å². The van der Waals surface area contributed by atoms with Crippen LogP contribution in [0.4, 0.5) is 13.2 Å². The standard InChI is InChI=1S/C22H28F3N5O/c1-26-21(29-14-19-8-9-27-20(12-19)31-16-22(23,24)25)28-13-17-4-6-18(7-5-17)15-30-10-2-3-11-30/h4-9,12H,2-3,10-11,13-16H2,1H3,(H2,26,28,29). The number of halogens is 3. The number of likely N-dealkylation sites (tertiary alicyclic amines) is 1. The average Bonchev–Trinajstić information content (AvgIpc) is 3.26. The van der Waals surface area contributed by atoms with Crippen molar-refractivity contribution in [3.05, 3.63) is 59.3 Å². The van der Waals surface area contributed by atoms with Crippen LogP contribution in [0.2, 0.25) is 0 Å². The minimum absolute atomic E-state index is 0.0615. The summed E-state index contributed by atoms with van der Waals surface area (Å²) in [5.41, 5.74) is 3.19. The van der Waals surface area contributed by atoms with Crippen LogP contribution in [0, 0.1) is 0 Å². The zero-order chi connectivity index (χ0) is 22.1. The largest absolute Gasteiger partial charge is 0.468 e. The highest BCUT2D eigenvalue weighted by Crippen LogP contribution is 2.17. The van der Waals surface area contributed by atoms with E-state index in [1.165, 1.54) is 43.8 Å². The van der Waals surface area contributed by atoms with Crippen LogP contribution in [0.3, 0.4) is 0 Å². The zero-order valence-electron chi connectivity index (χ0n) is 17.6. The van der Waals surface area contributed by atoms with Crippen molar-refractivity contribution in [3.8, 4) is 5.88 Å². The summed E-state index contributed by atoms with van der Waals surface area (Å²) in [6, 6.07) is 11.7. The molecule has 0 bridgehead atoms. The summed E-state index contributed by atoms with van der Waals surface area (Å²) < 4.78 is 41.6. The van der Waals surface area contributed by atoms with Crippen LogP contribution >= 0.6 is 0 Å². The first kappa shape index (κ1) is 22.9. The number of aromatic nitrogens is 1. The lowest BCUT2D eigenvalue weighted by molar-refractivity contribution is -0.154. The van der Waals surface area contributed by atoms with Gasteiger partial charge < -0.3 is 15.4 Å². The number of nitrogens with one attached hydrogen (secondary N) is 2. The molecule has 168 valence electrons. The molecule has 2 N–H and O–H groups in total. The lowest BCUT2D eigenvalue weighted by atomic mass is 10.1. The second kappa shape index (κ2) is 11.0. The number of guanidine groups is 1. The molecule has 9 heteroatoms. The highest BCUT2D eigenvalue weighted by Gasteiger charge is 2.28. The lowest BCUT2D eigenvalue weighted by Gasteiger charge is -2.15. The number of hydrogen-bond acceptors (Lipinski definition) is 4. The van der Waals surface area contributed by atoms with Crippen molar-refractivity contribution in [1.82, 2.24) is 20.5 Å². The summed E-state index contributed by atoms with van der Waals surface area (Å²) in [6.45, 7) is 2.98. The SMILES string of the molecule is CN=C(NCc1ccc(CN2CCCC2)cc1)NCc1ccnc(OCC(F)(F)F)c1. The van der Waals surface area contributed by atoms with Crippen LogP contribution in [0.5, 0.6) is 5.88 Å². The Balaban J connectivity index is 1.44. The number of pyridine rings is 1. The molecule has 0 spiro atoms. The maximum Gasteiger partial charge on any atom is 0.422 e. The van der Waals surface area contributed by atoms with Gasteiger partial charge in [0.05, 0.1) is 0 Å². The number of aliphatic imine (C=N–C) groups is 1. The van der Waals surface area contributed by atoms with E-state index >= 15 is 0 Å². The molecule has 1 aromatic heterocycles. The molecule has 1 aliphatic rings. The summed E-state index contributed by atoms with van der Waals surface area (Å²) in [5.74, 6) is 0.532. The third-order valence-corrected chi connectivity index (χ3v) is 4.95. The molecular weight excluding hydrogens is 407 g/mol. The second-order valence-corrected chi connectivity index (χ2v) is 7.49. The van der Waals surface area contributed by atoms with Crippen LogP contribution < -0.4 is 15.4 Å². The van der Waals surface area contributed by atoms with E-state index in [0.717, 1.165) is 17.7 Å². The van der Waals surface area contributed by atoms with Gasteiger partial charge in [-0.25, -0.2) is 4.98 Å². The quantitative estimate of drug-likeness (QED) is 0.491. The topological polar surface area (TPSA) is 61.8 Å². The molecule has 1 aromatic carbocycles. The summed E-state index contributed by atoms with van der Waals surface area (Å²) in [5, 5.41) is 6.38. The van der Waals surface area contributed by atoms with Gasteiger partial charge in [-0.05, 0) is 48.7 Å². The predicted molar refractivity (Wildman–Crippen MR) is 114 cm³/mol. The van der Waals surface area contributed by atoms with Gasteiger partial charge in [0.25, 0.3) is 0 Å². The van der Waals surface area contributed by atoms with Crippen LogP contribution in [0.1, 0.15) is 29.5 Å². The molecule has 0 unspecified atom stereocenters. The Bertz CT molecular complexity index is 849. The van der Waals surface area contributed by atoms with Gasteiger partial charge in [-0.1, -0.05) is 24.3 Å². The van der Waals surface area contributed by atoms with Gasteiger partial charge >= 0.3 is 6.18 Å². The number of rotatable bonds is 8. The van der Waals surface area contributed by atoms with Crippen LogP contribution in [0.25, 0.3) is 0 Å². The number of ether oxygens (including phenoxy) is 1. The van der Waals surface area contributed by atoms with Crippen LogP contribution in [-0.2, 0) is 19.6 Å². The zero-order valence-corrected chi connectivity index (χ0v) is 17.6. The van der Waals surface area contributed by atoms with Gasteiger partial charge in [0.2, 0.25) is 5.88 Å². The van der Waals surface area contributed by atoms with E-state index in [-0.39, 0.29) is 5.88 Å². The smallest absolute Gasteiger partial charge is 0.422 e. The molecule has 0 radical (unpaired) electrons. The number of hydrogen-bond donors (Lipinski definition) is 2. The van der Waals surface area contributed by atoms with Gasteiger partial charge in [0.15, 0.2) is 12.6 Å². The number of alkyl halides is 3. The molecule has 1 aliphatic heterocycles. The van der Waals surface area contributed by atoms with Crippen molar-refractivity contribution >= 4 is 5.96 Å². The van der Waals surface area contributed by atoms with Crippen molar-refractivity contribution in [1.29, 1.82) is 0 Å². The first-order valence-corrected chi connectivity index (χ1v) is 10.3. The maximum atomic E-state index is 12.3. The van der Waals surface area contributed by atoms with Crippen molar-refractivity contribution < 1.29 is 17.9 Å². The van der Waals surface area contributed by atoms with Crippen molar-refractivity contribution in [3.63, 3.8) is 0 Å². The fourth-order valence-corrected chi connectivity index (χ4v) is 3.35. The molecule has 0 aliphatic carbocycles. The first-order valence-electron chi connectivity index (χ1n) is 10.3. The summed E-state index contributed by atoms with van der Waals surface area (Å²) in [4.78, 5) is 10.5. The van der Waals surface area contributed by atoms with E-state index in [9.17, 15) is 13.2 Å². The number of benzene rings is 1. The maximum absolute atomic E-state index is 12.3. The molecule has 0 saturated carbocycles. The van der Waals surface area contributed by atoms with Gasteiger partial charge in [-0.3, -0.25) is 9.89 Å². The average molecular weight is 435 g/mol. The fourth-order valence-electron chi connectivity index (χ4n) is 3.35. The minimum Gasteiger partial charge on any atom is -0.468 e. The molecule has 0 atom stereocenters. The van der Waals surface area contributed by atoms with E-state index in [1.54, 1.807) is 13.1 Å². The molecule has 6 nitrogen and oxygen atoms in total. The summed E-state index contributed by atoms with van der Waals surface area (Å²) in [7, 11) is 1.67. The Labute approximate surface area is 180 Å². The fraction of sp³-hybridized carbons (Fsp3) is 0.455. The van der Waals surface area contributed by atoms with E-state index in [0.29, 0.717) is 19.0 Å². The third kappa shape index (κ3) is 8.09. The Morgan fingerprint density at radius 2 is 1.68 bits per heavy atom. The first-order chi connectivity index (χ1) is 14.9. The van der Waals surface area contributed by atoms with Crippen LogP contribution in [0.15, 0.2) is 47.6 Å². The van der Waals surface area contributed by atoms with Gasteiger partial charge in [-0.2, -0.15) is 13.2 Å². The molecule has 3 rings (SSSR count). The molecule has 0 amide bonds. The van der Waals surface area contributed by atoms with E-state index in [2.05, 4.69) is 54.5 Å². The van der Waals surface area contributed by atoms with Crippen molar-refractivity contribution in [2.24, 2.45) is 4.99 Å². The third-order valence-electron chi connectivity index (χ3n) is 4.95. The van der Waals surface area contributed by atoms with Gasteiger partial charge in [-0.15, -0.1) is 0 Å². The summed E-state index contributed by atoms with van der Waals surface area (Å²) >= 11 is 0. The van der Waals surface area contributed by atoms with Crippen LogP contribution in [-0.4, -0.2) is 48.8 Å². The molecule has 2 heterocycles. The molecule has 1 fully saturated rings. The molecule has 31 heavy (non-hydrogen) atoms. The van der Waals surface area contributed by atoms with Gasteiger partial charge in [0.1, 0.15) is 0 Å². The highest BCUT2D eigenvalue weighted by molar-refractivity contribution is 5.79. The Hall–Kier alpha value is -2.81. The predicted octanol–water partition coefficient (Wildman–Crippen LogP) is 3.48. The molecular formula is C22H28F3N5O. The second-order valence-electron chi connectivity index (χ2n) is 7.49. The van der Waals surface area contributed by atoms with Crippen molar-refractivity contribution in [2.75, 3.05) is 26.7 Å². The Morgan fingerprint density at radius 3 is 2.32 bits per heavy atom. The van der Waals surface area contributed by atoms with E-state index in [4.69, 9.17) is 0 Å². The summed E-state index contributed by atoms with van der Waals surface area (Å²) in [6.07, 6.45) is -0.401.